The van der Waals surface area contributed by atoms with Gasteiger partial charge in [-0.3, -0.25) is 19.9 Å². The third-order valence-corrected chi connectivity index (χ3v) is 6.72. The maximum absolute atomic E-state index is 13.6. The number of aliphatic hydroxyl groups excluding tert-OH is 1. The van der Waals surface area contributed by atoms with Gasteiger partial charge in [0.2, 0.25) is 0 Å². The number of benzene rings is 1. The van der Waals surface area contributed by atoms with Crippen LogP contribution >= 0.6 is 0 Å². The smallest absolute Gasteiger partial charge is 0.410 e. The molecule has 1 aromatic carbocycles. The average molecular weight is 498 g/mol. The summed E-state index contributed by atoms with van der Waals surface area (Å²) in [5.74, 6) is 0. The molecule has 1 aliphatic heterocycles. The molecular weight excluding hydrogens is 466 g/mol. The molecule has 11 nitrogen and oxygen atoms in total. The minimum atomic E-state index is -4.55. The lowest BCUT2D eigenvalue weighted by Gasteiger charge is -2.41. The minimum absolute atomic E-state index is 0.207. The van der Waals surface area contributed by atoms with E-state index >= 15 is 0 Å². The van der Waals surface area contributed by atoms with Crippen molar-refractivity contribution in [3.8, 4) is 0 Å². The number of rotatable bonds is 9. The van der Waals surface area contributed by atoms with E-state index < -0.39 is 55.9 Å². The first-order chi connectivity index (χ1) is 15.9. The Labute approximate surface area is 199 Å². The van der Waals surface area contributed by atoms with Crippen LogP contribution in [0.25, 0.3) is 0 Å². The van der Waals surface area contributed by atoms with Crippen LogP contribution < -0.4 is 0 Å². The monoisotopic (exact) mass is 497 g/mol. The highest BCUT2D eigenvalue weighted by atomic mass is 32.2. The van der Waals surface area contributed by atoms with Gasteiger partial charge in [0.25, 0.3) is 15.7 Å². The fourth-order valence-corrected chi connectivity index (χ4v) is 5.09. The lowest BCUT2D eigenvalue weighted by atomic mass is 9.96. The van der Waals surface area contributed by atoms with E-state index in [4.69, 9.17) is 9.57 Å². The van der Waals surface area contributed by atoms with E-state index in [1.54, 1.807) is 33.8 Å². The molecule has 0 saturated carbocycles. The van der Waals surface area contributed by atoms with Crippen molar-refractivity contribution < 1.29 is 32.8 Å². The largest absolute Gasteiger partial charge is 0.444 e. The van der Waals surface area contributed by atoms with Crippen LogP contribution in [-0.2, 0) is 19.6 Å². The predicted molar refractivity (Wildman–Crippen MR) is 124 cm³/mol. The number of amides is 1. The Balaban J connectivity index is 2.60. The molecule has 0 radical (unpaired) electrons. The molecule has 0 aliphatic carbocycles. The Morgan fingerprint density at radius 2 is 2.03 bits per heavy atom. The summed E-state index contributed by atoms with van der Waals surface area (Å²) in [4.78, 5) is 29.8. The van der Waals surface area contributed by atoms with Crippen LogP contribution in [0.5, 0.6) is 0 Å². The maximum atomic E-state index is 13.6. The molecule has 1 heterocycles. The number of aliphatic hydroxyl groups is 1. The number of hydrogen-bond donors (Lipinski definition) is 1. The molecule has 0 unspecified atom stereocenters. The van der Waals surface area contributed by atoms with Gasteiger partial charge in [0, 0.05) is 12.6 Å². The number of hydroxylamine groups is 1. The summed E-state index contributed by atoms with van der Waals surface area (Å²) in [5.41, 5.74) is -0.840. The first-order valence-electron chi connectivity index (χ1n) is 10.7. The second-order valence-electron chi connectivity index (χ2n) is 8.56. The number of carbonyl (C=O) groups excluding carboxylic acids is 1. The molecule has 1 N–H and O–H groups in total. The molecule has 1 aliphatic rings. The zero-order valence-electron chi connectivity index (χ0n) is 19.7. The average Bonchev–Trinajstić information content (AvgIpc) is 2.77. The maximum Gasteiger partial charge on any atom is 0.410 e. The van der Waals surface area contributed by atoms with E-state index in [0.29, 0.717) is 16.5 Å². The molecule has 1 aromatic rings. The summed E-state index contributed by atoms with van der Waals surface area (Å²) in [6, 6.07) is 3.17. The molecule has 0 aromatic heterocycles. The molecule has 2 atom stereocenters. The Kier molecular flexibility index (Phi) is 8.95. The molecule has 12 heteroatoms. The van der Waals surface area contributed by atoms with Gasteiger partial charge in [-0.25, -0.2) is 13.2 Å². The van der Waals surface area contributed by atoms with E-state index in [1.807, 2.05) is 0 Å². The van der Waals surface area contributed by atoms with Crippen molar-refractivity contribution >= 4 is 21.8 Å². The van der Waals surface area contributed by atoms with Gasteiger partial charge in [-0.2, -0.15) is 0 Å². The molecule has 34 heavy (non-hydrogen) atoms. The van der Waals surface area contributed by atoms with Gasteiger partial charge in [-0.15, -0.1) is 6.58 Å². The third-order valence-electron chi connectivity index (χ3n) is 4.97. The fraction of sp³-hybridized carbons (Fsp3) is 0.500. The van der Waals surface area contributed by atoms with Crippen molar-refractivity contribution in [3.05, 3.63) is 58.7 Å². The van der Waals surface area contributed by atoms with E-state index in [2.05, 4.69) is 6.58 Å². The van der Waals surface area contributed by atoms with E-state index in [1.165, 1.54) is 23.1 Å². The van der Waals surface area contributed by atoms with Gasteiger partial charge in [0.1, 0.15) is 5.60 Å². The van der Waals surface area contributed by atoms with Crippen LogP contribution in [0.15, 0.2) is 53.5 Å². The second kappa shape index (κ2) is 11.1. The summed E-state index contributed by atoms with van der Waals surface area (Å²) in [6.07, 6.45) is 2.60. The van der Waals surface area contributed by atoms with Crippen molar-refractivity contribution in [3.63, 3.8) is 0 Å². The molecule has 0 fully saturated rings. The molecule has 1 amide bonds. The van der Waals surface area contributed by atoms with Crippen molar-refractivity contribution in [1.29, 1.82) is 0 Å². The zero-order valence-corrected chi connectivity index (χ0v) is 20.5. The van der Waals surface area contributed by atoms with Gasteiger partial charge in [0.15, 0.2) is 4.90 Å². The first kappa shape index (κ1) is 27.4. The molecule has 0 bridgehead atoms. The molecule has 188 valence electrons. The number of carbonyl (C=O) groups is 1. The standard InChI is InChI=1S/C22H31N3O8S/c1-6-12-32-25(34(30,31)20-11-9-8-10-18(20)24(28)29)17-13-16(7-2)19(15-26)23(14-17)21(27)33-22(3,4)5/h6,8-11,13,17,19,26H,1,7,12,14-15H2,2-5H3/t17-,19-/m1/s1. The van der Waals surface area contributed by atoms with Crippen LogP contribution in [0.4, 0.5) is 10.5 Å². The SMILES string of the molecule is C=CCON([C@@H]1C=C(CC)[C@@H](CO)N(C(=O)OC(C)(C)C)C1)S(=O)(=O)c1ccccc1[N+](=O)[O-]. The van der Waals surface area contributed by atoms with Gasteiger partial charge < -0.3 is 9.84 Å². The fourth-order valence-electron chi connectivity index (χ4n) is 3.55. The number of nitro benzene ring substituents is 1. The van der Waals surface area contributed by atoms with Gasteiger partial charge in [-0.05, 0) is 38.8 Å². The number of sulfonamides is 1. The normalized spacial score (nSPS) is 19.0. The van der Waals surface area contributed by atoms with Crippen LogP contribution in [0.1, 0.15) is 34.1 Å². The highest BCUT2D eigenvalue weighted by Gasteiger charge is 2.42. The zero-order chi connectivity index (χ0) is 25.7. The van der Waals surface area contributed by atoms with Crippen molar-refractivity contribution in [2.75, 3.05) is 19.8 Å². The first-order valence-corrected chi connectivity index (χ1v) is 12.1. The Hall–Kier alpha value is -2.80. The van der Waals surface area contributed by atoms with Crippen molar-refractivity contribution in [2.45, 2.75) is 56.7 Å². The minimum Gasteiger partial charge on any atom is -0.444 e. The van der Waals surface area contributed by atoms with Crippen LogP contribution in [0, 0.1) is 10.1 Å². The summed E-state index contributed by atoms with van der Waals surface area (Å²) < 4.78 is 33.2. The molecule has 0 saturated heterocycles. The Morgan fingerprint density at radius 3 is 2.56 bits per heavy atom. The Morgan fingerprint density at radius 1 is 1.38 bits per heavy atom. The topological polar surface area (TPSA) is 140 Å². The summed E-state index contributed by atoms with van der Waals surface area (Å²) in [5, 5.41) is 21.5. The lowest BCUT2D eigenvalue weighted by Crippen LogP contribution is -2.56. The number of para-hydroxylation sites is 1. The number of ether oxygens (including phenoxy) is 1. The summed E-state index contributed by atoms with van der Waals surface area (Å²) in [7, 11) is -4.55. The third kappa shape index (κ3) is 6.20. The summed E-state index contributed by atoms with van der Waals surface area (Å²) in [6.45, 7) is 9.59. The van der Waals surface area contributed by atoms with Crippen molar-refractivity contribution in [2.24, 2.45) is 0 Å². The van der Waals surface area contributed by atoms with Crippen LogP contribution in [-0.4, -0.2) is 71.4 Å². The molecule has 0 spiro atoms. The number of nitrogens with zero attached hydrogens (tertiary/aromatic N) is 3. The number of hydrogen-bond acceptors (Lipinski definition) is 8. The Bertz CT molecular complexity index is 1050. The van der Waals surface area contributed by atoms with E-state index in [-0.39, 0.29) is 13.2 Å². The lowest BCUT2D eigenvalue weighted by molar-refractivity contribution is -0.387. The number of nitro groups is 1. The van der Waals surface area contributed by atoms with Gasteiger partial charge in [0.05, 0.1) is 30.2 Å². The van der Waals surface area contributed by atoms with Gasteiger partial charge >= 0.3 is 6.09 Å². The summed E-state index contributed by atoms with van der Waals surface area (Å²) >= 11 is 0. The predicted octanol–water partition coefficient (Wildman–Crippen LogP) is 3.02. The highest BCUT2D eigenvalue weighted by molar-refractivity contribution is 7.89. The molecule has 2 rings (SSSR count). The van der Waals surface area contributed by atoms with Crippen molar-refractivity contribution in [1.82, 2.24) is 9.37 Å². The second-order valence-corrected chi connectivity index (χ2v) is 10.3. The van der Waals surface area contributed by atoms with Crippen LogP contribution in [0.3, 0.4) is 0 Å². The van der Waals surface area contributed by atoms with E-state index in [0.717, 1.165) is 12.1 Å². The molecular formula is C22H31N3O8S. The van der Waals surface area contributed by atoms with Crippen LogP contribution in [0.2, 0.25) is 0 Å². The highest BCUT2D eigenvalue weighted by Crippen LogP contribution is 2.32. The van der Waals surface area contributed by atoms with Gasteiger partial charge in [-0.1, -0.05) is 35.7 Å². The quantitative estimate of drug-likeness (QED) is 0.312. The van der Waals surface area contributed by atoms with E-state index in [9.17, 15) is 28.4 Å².